The molecule has 17 heavy (non-hydrogen) atoms. The van der Waals surface area contributed by atoms with Crippen LogP contribution in [0.15, 0.2) is 0 Å². The molecule has 0 spiro atoms. The SMILES string of the molecule is CC1(N2CCc3nc(C(=O)O)sc3C2)CC1.[LiH]. The van der Waals surface area contributed by atoms with Crippen LogP contribution in [0.25, 0.3) is 0 Å². The molecule has 4 nitrogen and oxygen atoms in total. The summed E-state index contributed by atoms with van der Waals surface area (Å²) in [7, 11) is 0. The molecule has 0 amide bonds. The van der Waals surface area contributed by atoms with Gasteiger partial charge in [0.25, 0.3) is 0 Å². The van der Waals surface area contributed by atoms with Crippen LogP contribution in [0.2, 0.25) is 0 Å². The maximum absolute atomic E-state index is 10.8. The molecular weight excluding hydrogens is 231 g/mol. The summed E-state index contributed by atoms with van der Waals surface area (Å²) in [6.07, 6.45) is 3.44. The average Bonchev–Trinajstić information content (AvgIpc) is 2.86. The van der Waals surface area contributed by atoms with E-state index in [9.17, 15) is 4.79 Å². The van der Waals surface area contributed by atoms with Crippen molar-refractivity contribution in [1.82, 2.24) is 9.88 Å². The van der Waals surface area contributed by atoms with E-state index in [0.29, 0.717) is 5.54 Å². The van der Waals surface area contributed by atoms with Gasteiger partial charge in [0, 0.05) is 29.9 Å². The van der Waals surface area contributed by atoms with Crippen LogP contribution in [0.1, 0.15) is 40.1 Å². The van der Waals surface area contributed by atoms with Crippen molar-refractivity contribution in [1.29, 1.82) is 0 Å². The molecular formula is C11H15LiN2O2S. The summed E-state index contributed by atoms with van der Waals surface area (Å²) in [5, 5.41) is 9.15. The Labute approximate surface area is 116 Å². The average molecular weight is 246 g/mol. The molecule has 3 rings (SSSR count). The van der Waals surface area contributed by atoms with Crippen molar-refractivity contribution in [2.45, 2.75) is 38.3 Å². The molecule has 1 aromatic rings. The minimum absolute atomic E-state index is 0. The number of thiazole rings is 1. The van der Waals surface area contributed by atoms with E-state index in [4.69, 9.17) is 5.11 Å². The van der Waals surface area contributed by atoms with Crippen molar-refractivity contribution >= 4 is 36.2 Å². The van der Waals surface area contributed by atoms with E-state index in [1.807, 2.05) is 0 Å². The molecule has 2 aliphatic rings. The van der Waals surface area contributed by atoms with Crippen molar-refractivity contribution in [3.05, 3.63) is 15.6 Å². The van der Waals surface area contributed by atoms with Gasteiger partial charge in [-0.25, -0.2) is 9.78 Å². The number of hydrogen-bond donors (Lipinski definition) is 1. The van der Waals surface area contributed by atoms with Gasteiger partial charge in [0.2, 0.25) is 5.01 Å². The number of rotatable bonds is 2. The second kappa shape index (κ2) is 4.40. The standard InChI is InChI=1S/C11H14N2O2S.Li.H/c1-11(3-4-11)13-5-2-7-8(6-13)16-9(12-7)10(14)15;;/h2-6H2,1H3,(H,14,15);;. The zero-order valence-electron chi connectivity index (χ0n) is 9.19. The number of fused-ring (bicyclic) bond motifs is 1. The first kappa shape index (κ1) is 13.1. The van der Waals surface area contributed by atoms with Crippen LogP contribution in [-0.4, -0.2) is 51.9 Å². The Morgan fingerprint density at radius 2 is 2.24 bits per heavy atom. The molecule has 2 heterocycles. The fourth-order valence-electron chi connectivity index (χ4n) is 2.24. The van der Waals surface area contributed by atoms with Crippen LogP contribution < -0.4 is 0 Å². The van der Waals surface area contributed by atoms with Crippen LogP contribution in [-0.2, 0) is 13.0 Å². The Morgan fingerprint density at radius 1 is 1.53 bits per heavy atom. The van der Waals surface area contributed by atoms with E-state index in [1.165, 1.54) is 24.2 Å². The summed E-state index contributed by atoms with van der Waals surface area (Å²) in [5.74, 6) is -0.899. The number of aromatic carboxylic acids is 1. The normalized spacial score (nSPS) is 21.5. The quantitative estimate of drug-likeness (QED) is 0.794. The Bertz CT molecular complexity index is 456. The first-order chi connectivity index (χ1) is 7.58. The van der Waals surface area contributed by atoms with Gasteiger partial charge in [-0.1, -0.05) is 0 Å². The topological polar surface area (TPSA) is 53.4 Å². The maximum atomic E-state index is 10.8. The number of carboxylic acids is 1. The fraction of sp³-hybridized carbons (Fsp3) is 0.636. The molecule has 0 unspecified atom stereocenters. The van der Waals surface area contributed by atoms with E-state index in [2.05, 4.69) is 16.8 Å². The summed E-state index contributed by atoms with van der Waals surface area (Å²) in [6.45, 7) is 4.19. The molecule has 1 fully saturated rings. The minimum atomic E-state index is -0.899. The molecule has 0 radical (unpaired) electrons. The Balaban J connectivity index is 0.00000108. The van der Waals surface area contributed by atoms with Crippen molar-refractivity contribution in [2.24, 2.45) is 0 Å². The molecule has 1 aromatic heterocycles. The van der Waals surface area contributed by atoms with E-state index in [0.717, 1.165) is 30.1 Å². The second-order valence-corrected chi connectivity index (χ2v) is 5.95. The third kappa shape index (κ3) is 2.30. The Morgan fingerprint density at radius 3 is 2.82 bits per heavy atom. The number of nitrogens with zero attached hydrogens (tertiary/aromatic N) is 2. The fourth-order valence-corrected chi connectivity index (χ4v) is 3.21. The molecule has 1 saturated carbocycles. The molecule has 0 aromatic carbocycles. The summed E-state index contributed by atoms with van der Waals surface area (Å²) in [4.78, 5) is 18.6. The van der Waals surface area contributed by atoms with E-state index < -0.39 is 5.97 Å². The predicted molar refractivity (Wildman–Crippen MR) is 68.0 cm³/mol. The molecule has 0 bridgehead atoms. The summed E-state index contributed by atoms with van der Waals surface area (Å²) < 4.78 is 0. The van der Waals surface area contributed by atoms with Crippen LogP contribution in [0, 0.1) is 0 Å². The van der Waals surface area contributed by atoms with Crippen LogP contribution in [0.3, 0.4) is 0 Å². The van der Waals surface area contributed by atoms with Gasteiger partial charge in [-0.15, -0.1) is 11.3 Å². The van der Waals surface area contributed by atoms with Gasteiger partial charge >= 0.3 is 24.8 Å². The molecule has 0 atom stereocenters. The van der Waals surface area contributed by atoms with Gasteiger partial charge in [0.15, 0.2) is 0 Å². The van der Waals surface area contributed by atoms with Gasteiger partial charge in [-0.2, -0.15) is 0 Å². The number of carboxylic acid groups (broad SMARTS) is 1. The van der Waals surface area contributed by atoms with Gasteiger partial charge in [0.05, 0.1) is 5.69 Å². The number of hydrogen-bond acceptors (Lipinski definition) is 4. The monoisotopic (exact) mass is 246 g/mol. The zero-order valence-corrected chi connectivity index (χ0v) is 10.0. The number of carbonyl (C=O) groups is 1. The second-order valence-electron chi connectivity index (χ2n) is 4.86. The summed E-state index contributed by atoms with van der Waals surface area (Å²) in [5.41, 5.74) is 1.38. The first-order valence-corrected chi connectivity index (χ1v) is 6.37. The molecule has 1 aliphatic heterocycles. The van der Waals surface area contributed by atoms with Crippen molar-refractivity contribution in [3.8, 4) is 0 Å². The number of aromatic nitrogens is 1. The van der Waals surface area contributed by atoms with Gasteiger partial charge in [-0.05, 0) is 19.8 Å². The van der Waals surface area contributed by atoms with Crippen LogP contribution in [0.4, 0.5) is 0 Å². The van der Waals surface area contributed by atoms with Crippen molar-refractivity contribution < 1.29 is 9.90 Å². The van der Waals surface area contributed by atoms with Gasteiger partial charge < -0.3 is 5.11 Å². The van der Waals surface area contributed by atoms with Crippen molar-refractivity contribution in [3.63, 3.8) is 0 Å². The Kier molecular flexibility index (Phi) is 3.39. The van der Waals surface area contributed by atoms with E-state index in [-0.39, 0.29) is 23.9 Å². The van der Waals surface area contributed by atoms with Crippen molar-refractivity contribution in [2.75, 3.05) is 6.54 Å². The Hall–Kier alpha value is -0.343. The third-order valence-electron chi connectivity index (χ3n) is 3.65. The van der Waals surface area contributed by atoms with Crippen LogP contribution in [0.5, 0.6) is 0 Å². The first-order valence-electron chi connectivity index (χ1n) is 5.55. The van der Waals surface area contributed by atoms with Gasteiger partial charge in [-0.3, -0.25) is 4.90 Å². The molecule has 88 valence electrons. The zero-order chi connectivity index (χ0) is 11.3. The summed E-state index contributed by atoms with van der Waals surface area (Å²) in [6, 6.07) is 0. The third-order valence-corrected chi connectivity index (χ3v) is 4.72. The molecule has 6 heteroatoms. The van der Waals surface area contributed by atoms with E-state index >= 15 is 0 Å². The van der Waals surface area contributed by atoms with E-state index in [1.54, 1.807) is 0 Å². The molecule has 1 N–H and O–H groups in total. The summed E-state index contributed by atoms with van der Waals surface area (Å²) >= 11 is 1.34. The predicted octanol–water partition coefficient (Wildman–Crippen LogP) is 1.10. The van der Waals surface area contributed by atoms with Gasteiger partial charge in [0.1, 0.15) is 0 Å². The molecule has 0 saturated heterocycles. The van der Waals surface area contributed by atoms with Crippen LogP contribution >= 0.6 is 11.3 Å². The molecule has 1 aliphatic carbocycles.